The lowest BCUT2D eigenvalue weighted by Gasteiger charge is -2.10. The Labute approximate surface area is 170 Å². The fourth-order valence-electron chi connectivity index (χ4n) is 2.81. The number of nitrogens with one attached hydrogen (secondary N) is 2. The molecule has 0 aliphatic carbocycles. The van der Waals surface area contributed by atoms with Crippen molar-refractivity contribution in [3.05, 3.63) is 102 Å². The van der Waals surface area contributed by atoms with Gasteiger partial charge in [-0.1, -0.05) is 60.7 Å². The Balaban J connectivity index is 1.67. The minimum absolute atomic E-state index is 0.251. The van der Waals surface area contributed by atoms with Crippen LogP contribution < -0.4 is 15.4 Å². The van der Waals surface area contributed by atoms with Gasteiger partial charge in [-0.2, -0.15) is 0 Å². The van der Waals surface area contributed by atoms with E-state index in [-0.39, 0.29) is 11.8 Å². The van der Waals surface area contributed by atoms with Gasteiger partial charge in [-0.25, -0.2) is 0 Å². The molecule has 0 aromatic heterocycles. The molecular formula is C24H22N2O3. The van der Waals surface area contributed by atoms with E-state index in [2.05, 4.69) is 10.6 Å². The lowest BCUT2D eigenvalue weighted by atomic mass is 10.1. The first-order chi connectivity index (χ1) is 14.2. The fourth-order valence-corrected chi connectivity index (χ4v) is 2.81. The summed E-state index contributed by atoms with van der Waals surface area (Å²) in [7, 11) is 1.58. The van der Waals surface area contributed by atoms with Crippen molar-refractivity contribution < 1.29 is 14.3 Å². The van der Waals surface area contributed by atoms with Gasteiger partial charge in [0.1, 0.15) is 5.75 Å². The summed E-state index contributed by atoms with van der Waals surface area (Å²) in [4.78, 5) is 25.0. The molecule has 0 bridgehead atoms. The Bertz CT molecular complexity index is 1010. The summed E-state index contributed by atoms with van der Waals surface area (Å²) in [5.41, 5.74) is 2.65. The molecule has 5 heteroatoms. The number of para-hydroxylation sites is 2. The normalized spacial score (nSPS) is 10.5. The zero-order chi connectivity index (χ0) is 20.5. The van der Waals surface area contributed by atoms with Gasteiger partial charge in [-0.15, -0.1) is 0 Å². The summed E-state index contributed by atoms with van der Waals surface area (Å²) in [5.74, 6) is 0.0925. The van der Waals surface area contributed by atoms with E-state index >= 15 is 0 Å². The minimum Gasteiger partial charge on any atom is -0.496 e. The maximum absolute atomic E-state index is 12.6. The lowest BCUT2D eigenvalue weighted by molar-refractivity contribution is -0.111. The molecule has 0 spiro atoms. The standard InChI is InChI=1S/C24H22N2O3/c1-29-22-14-8-5-11-19(22)15-16-23(27)26-21-13-7-6-12-20(21)24(28)25-17-18-9-3-2-4-10-18/h2-16H,17H2,1H3,(H,25,28)(H,26,27). The third-order valence-electron chi connectivity index (χ3n) is 4.28. The second kappa shape index (κ2) is 9.90. The highest BCUT2D eigenvalue weighted by atomic mass is 16.5. The van der Waals surface area contributed by atoms with Gasteiger partial charge in [0.25, 0.3) is 5.91 Å². The van der Waals surface area contributed by atoms with Gasteiger partial charge in [-0.05, 0) is 29.8 Å². The van der Waals surface area contributed by atoms with Crippen LogP contribution >= 0.6 is 0 Å². The molecule has 146 valence electrons. The molecule has 2 N–H and O–H groups in total. The molecular weight excluding hydrogens is 364 g/mol. The van der Waals surface area contributed by atoms with Crippen molar-refractivity contribution in [2.75, 3.05) is 12.4 Å². The quantitative estimate of drug-likeness (QED) is 0.596. The van der Waals surface area contributed by atoms with Crippen molar-refractivity contribution in [3.63, 3.8) is 0 Å². The molecule has 0 heterocycles. The number of methoxy groups -OCH3 is 1. The van der Waals surface area contributed by atoms with E-state index in [9.17, 15) is 9.59 Å². The lowest BCUT2D eigenvalue weighted by Crippen LogP contribution is -2.24. The predicted molar refractivity (Wildman–Crippen MR) is 115 cm³/mol. The van der Waals surface area contributed by atoms with Crippen LogP contribution in [0.1, 0.15) is 21.5 Å². The molecule has 3 aromatic carbocycles. The maximum Gasteiger partial charge on any atom is 0.253 e. The highest BCUT2D eigenvalue weighted by Crippen LogP contribution is 2.19. The smallest absolute Gasteiger partial charge is 0.253 e. The summed E-state index contributed by atoms with van der Waals surface area (Å²) in [6, 6.07) is 24.0. The van der Waals surface area contributed by atoms with Gasteiger partial charge in [0, 0.05) is 18.2 Å². The summed E-state index contributed by atoms with van der Waals surface area (Å²) in [6.07, 6.45) is 3.09. The number of hydrogen-bond acceptors (Lipinski definition) is 3. The molecule has 0 saturated heterocycles. The van der Waals surface area contributed by atoms with Gasteiger partial charge in [0.15, 0.2) is 0 Å². The molecule has 5 nitrogen and oxygen atoms in total. The van der Waals surface area contributed by atoms with Crippen LogP contribution in [-0.2, 0) is 11.3 Å². The molecule has 0 unspecified atom stereocenters. The van der Waals surface area contributed by atoms with Crippen LogP contribution in [0.5, 0.6) is 5.75 Å². The monoisotopic (exact) mass is 386 g/mol. The van der Waals surface area contributed by atoms with Crippen LogP contribution in [0.4, 0.5) is 5.69 Å². The maximum atomic E-state index is 12.6. The zero-order valence-electron chi connectivity index (χ0n) is 16.1. The van der Waals surface area contributed by atoms with Crippen LogP contribution in [0, 0.1) is 0 Å². The molecule has 0 fully saturated rings. The zero-order valence-corrected chi connectivity index (χ0v) is 16.1. The summed E-state index contributed by atoms with van der Waals surface area (Å²) in [6.45, 7) is 0.412. The first kappa shape index (κ1) is 19.9. The number of ether oxygens (including phenoxy) is 1. The Morgan fingerprint density at radius 2 is 1.59 bits per heavy atom. The van der Waals surface area contributed by atoms with Crippen LogP contribution in [0.25, 0.3) is 6.08 Å². The van der Waals surface area contributed by atoms with Gasteiger partial charge >= 0.3 is 0 Å². The first-order valence-electron chi connectivity index (χ1n) is 9.20. The van der Waals surface area contributed by atoms with Crippen LogP contribution in [0.3, 0.4) is 0 Å². The predicted octanol–water partition coefficient (Wildman–Crippen LogP) is 4.28. The number of carbonyl (C=O) groups is 2. The third-order valence-corrected chi connectivity index (χ3v) is 4.28. The topological polar surface area (TPSA) is 67.4 Å². The molecule has 2 amide bonds. The Hall–Kier alpha value is -3.86. The summed E-state index contributed by atoms with van der Waals surface area (Å²) < 4.78 is 5.27. The molecule has 3 aromatic rings. The van der Waals surface area contributed by atoms with Gasteiger partial charge < -0.3 is 15.4 Å². The van der Waals surface area contributed by atoms with Crippen molar-refractivity contribution in [1.29, 1.82) is 0 Å². The van der Waals surface area contributed by atoms with E-state index in [1.54, 1.807) is 37.5 Å². The number of benzene rings is 3. The van der Waals surface area contributed by atoms with Crippen molar-refractivity contribution in [1.82, 2.24) is 5.32 Å². The van der Waals surface area contributed by atoms with E-state index in [4.69, 9.17) is 4.74 Å². The molecule has 0 atom stereocenters. The molecule has 29 heavy (non-hydrogen) atoms. The number of amides is 2. The number of carbonyl (C=O) groups excluding carboxylic acids is 2. The largest absolute Gasteiger partial charge is 0.496 e. The van der Waals surface area contributed by atoms with E-state index in [1.165, 1.54) is 6.08 Å². The Morgan fingerprint density at radius 1 is 0.897 bits per heavy atom. The molecule has 0 aliphatic heterocycles. The van der Waals surface area contributed by atoms with Crippen LogP contribution in [0.15, 0.2) is 84.9 Å². The van der Waals surface area contributed by atoms with Crippen molar-refractivity contribution >= 4 is 23.6 Å². The van der Waals surface area contributed by atoms with Crippen LogP contribution in [-0.4, -0.2) is 18.9 Å². The molecule has 0 saturated carbocycles. The number of hydrogen-bond donors (Lipinski definition) is 2. The summed E-state index contributed by atoms with van der Waals surface area (Å²) in [5, 5.41) is 5.65. The number of anilines is 1. The highest BCUT2D eigenvalue weighted by molar-refractivity contribution is 6.07. The minimum atomic E-state index is -0.334. The summed E-state index contributed by atoms with van der Waals surface area (Å²) >= 11 is 0. The van der Waals surface area contributed by atoms with Gasteiger partial charge in [-0.3, -0.25) is 9.59 Å². The van der Waals surface area contributed by atoms with Crippen molar-refractivity contribution in [2.24, 2.45) is 0 Å². The van der Waals surface area contributed by atoms with Crippen molar-refractivity contribution in [3.8, 4) is 5.75 Å². The Kier molecular flexibility index (Phi) is 6.79. The SMILES string of the molecule is COc1ccccc1C=CC(=O)Nc1ccccc1C(=O)NCc1ccccc1. The first-order valence-corrected chi connectivity index (χ1v) is 9.20. The third kappa shape index (κ3) is 5.56. The second-order valence-corrected chi connectivity index (χ2v) is 6.28. The molecule has 0 aliphatic rings. The fraction of sp³-hybridized carbons (Fsp3) is 0.0833. The Morgan fingerprint density at radius 3 is 2.38 bits per heavy atom. The number of rotatable bonds is 7. The van der Waals surface area contributed by atoms with E-state index in [0.717, 1.165) is 11.1 Å². The average molecular weight is 386 g/mol. The average Bonchev–Trinajstić information content (AvgIpc) is 2.77. The van der Waals surface area contributed by atoms with Gasteiger partial charge in [0.2, 0.25) is 5.91 Å². The van der Waals surface area contributed by atoms with Crippen LogP contribution in [0.2, 0.25) is 0 Å². The van der Waals surface area contributed by atoms with E-state index in [1.807, 2.05) is 54.6 Å². The second-order valence-electron chi connectivity index (χ2n) is 6.28. The molecule has 3 rings (SSSR count). The van der Waals surface area contributed by atoms with Crippen molar-refractivity contribution in [2.45, 2.75) is 6.54 Å². The van der Waals surface area contributed by atoms with E-state index in [0.29, 0.717) is 23.5 Å². The van der Waals surface area contributed by atoms with E-state index < -0.39 is 0 Å². The molecule has 0 radical (unpaired) electrons. The van der Waals surface area contributed by atoms with Gasteiger partial charge in [0.05, 0.1) is 18.4 Å². The highest BCUT2D eigenvalue weighted by Gasteiger charge is 2.12.